The van der Waals surface area contributed by atoms with E-state index in [9.17, 15) is 9.90 Å². The minimum absolute atomic E-state index is 0.146. The zero-order valence-electron chi connectivity index (χ0n) is 10.7. The summed E-state index contributed by atoms with van der Waals surface area (Å²) in [6.07, 6.45) is 3.35. The molecule has 3 nitrogen and oxygen atoms in total. The van der Waals surface area contributed by atoms with E-state index in [1.54, 1.807) is 0 Å². The van der Waals surface area contributed by atoms with E-state index in [0.717, 1.165) is 36.8 Å². The molecule has 0 radical (unpaired) electrons. The van der Waals surface area contributed by atoms with Gasteiger partial charge in [0.15, 0.2) is 0 Å². The number of piperidine rings is 1. The molecular weight excluding hydrogens is 226 g/mol. The van der Waals surface area contributed by atoms with Crippen LogP contribution in [-0.4, -0.2) is 34.1 Å². The Hall–Kier alpha value is -1.35. The molecule has 2 atom stereocenters. The van der Waals surface area contributed by atoms with Gasteiger partial charge in [0, 0.05) is 17.6 Å². The normalized spacial score (nSPS) is 30.6. The fourth-order valence-corrected chi connectivity index (χ4v) is 3.43. The van der Waals surface area contributed by atoms with E-state index >= 15 is 0 Å². The monoisotopic (exact) mass is 245 g/mol. The third-order valence-corrected chi connectivity index (χ3v) is 4.32. The van der Waals surface area contributed by atoms with Gasteiger partial charge < -0.3 is 10.0 Å². The number of fused-ring (bicyclic) bond motifs is 2. The lowest BCUT2D eigenvalue weighted by atomic mass is 9.98. The van der Waals surface area contributed by atoms with Crippen molar-refractivity contribution in [3.05, 3.63) is 35.4 Å². The SMILES string of the molecule is Cc1ccccc1C(=O)N1C2CCC1CC(O)C2. The number of benzene rings is 1. The lowest BCUT2D eigenvalue weighted by Gasteiger charge is -2.37. The number of nitrogens with zero attached hydrogens (tertiary/aromatic N) is 1. The predicted molar refractivity (Wildman–Crippen MR) is 69.4 cm³/mol. The largest absolute Gasteiger partial charge is 0.393 e. The van der Waals surface area contributed by atoms with Crippen LogP contribution in [0.2, 0.25) is 0 Å². The Morgan fingerprint density at radius 1 is 1.22 bits per heavy atom. The predicted octanol–water partition coefficient (Wildman–Crippen LogP) is 2.12. The number of carbonyl (C=O) groups excluding carboxylic acids is 1. The van der Waals surface area contributed by atoms with Crippen LogP contribution in [-0.2, 0) is 0 Å². The van der Waals surface area contributed by atoms with E-state index in [4.69, 9.17) is 0 Å². The first-order valence-electron chi connectivity index (χ1n) is 6.73. The molecule has 1 amide bonds. The first kappa shape index (κ1) is 11.7. The van der Waals surface area contributed by atoms with Crippen LogP contribution < -0.4 is 0 Å². The van der Waals surface area contributed by atoms with Crippen LogP contribution in [0.5, 0.6) is 0 Å². The van der Waals surface area contributed by atoms with E-state index < -0.39 is 0 Å². The average Bonchev–Trinajstić information content (AvgIpc) is 2.61. The molecule has 2 aliphatic heterocycles. The van der Waals surface area contributed by atoms with Crippen LogP contribution in [0.25, 0.3) is 0 Å². The van der Waals surface area contributed by atoms with Gasteiger partial charge in [-0.25, -0.2) is 0 Å². The molecule has 2 fully saturated rings. The molecule has 0 aromatic heterocycles. The van der Waals surface area contributed by atoms with Crippen molar-refractivity contribution >= 4 is 5.91 Å². The molecule has 1 aromatic rings. The van der Waals surface area contributed by atoms with E-state index in [0.29, 0.717) is 0 Å². The van der Waals surface area contributed by atoms with Crippen LogP contribution in [0.1, 0.15) is 41.6 Å². The van der Waals surface area contributed by atoms with Gasteiger partial charge in [0.1, 0.15) is 0 Å². The molecule has 18 heavy (non-hydrogen) atoms. The number of carbonyl (C=O) groups is 1. The second kappa shape index (κ2) is 4.39. The highest BCUT2D eigenvalue weighted by Gasteiger charge is 2.43. The number of rotatable bonds is 1. The molecule has 2 unspecified atom stereocenters. The number of aliphatic hydroxyl groups is 1. The molecule has 3 heteroatoms. The molecule has 1 N–H and O–H groups in total. The standard InChI is InChI=1S/C15H19NO2/c1-10-4-2-3-5-14(10)15(18)16-11-6-7-12(16)9-13(17)8-11/h2-5,11-13,17H,6-9H2,1H3. The van der Waals surface area contributed by atoms with Crippen molar-refractivity contribution in [2.75, 3.05) is 0 Å². The molecule has 0 saturated carbocycles. The summed E-state index contributed by atoms with van der Waals surface area (Å²) < 4.78 is 0. The second-order valence-corrected chi connectivity index (χ2v) is 5.54. The van der Waals surface area contributed by atoms with Crippen LogP contribution in [0.3, 0.4) is 0 Å². The summed E-state index contributed by atoms with van der Waals surface area (Å²) in [6, 6.07) is 8.24. The number of aryl methyl sites for hydroxylation is 1. The lowest BCUT2D eigenvalue weighted by molar-refractivity contribution is 0.0286. The number of aliphatic hydroxyl groups excluding tert-OH is 1. The average molecular weight is 245 g/mol. The van der Waals surface area contributed by atoms with E-state index in [1.165, 1.54) is 0 Å². The maximum atomic E-state index is 12.6. The van der Waals surface area contributed by atoms with Crippen LogP contribution >= 0.6 is 0 Å². The number of hydrogen-bond donors (Lipinski definition) is 1. The van der Waals surface area contributed by atoms with Gasteiger partial charge in [-0.1, -0.05) is 18.2 Å². The quantitative estimate of drug-likeness (QED) is 0.823. The van der Waals surface area contributed by atoms with Crippen molar-refractivity contribution in [2.24, 2.45) is 0 Å². The molecule has 2 saturated heterocycles. The first-order chi connectivity index (χ1) is 8.66. The number of hydrogen-bond acceptors (Lipinski definition) is 2. The van der Waals surface area contributed by atoms with E-state index in [-0.39, 0.29) is 24.1 Å². The summed E-state index contributed by atoms with van der Waals surface area (Å²) in [4.78, 5) is 14.7. The molecule has 2 bridgehead atoms. The van der Waals surface area contributed by atoms with Gasteiger partial charge in [-0.2, -0.15) is 0 Å². The summed E-state index contributed by atoms with van der Waals surface area (Å²) in [5, 5.41) is 9.78. The minimum Gasteiger partial charge on any atom is -0.393 e. The first-order valence-corrected chi connectivity index (χ1v) is 6.73. The highest BCUT2D eigenvalue weighted by Crippen LogP contribution is 2.36. The van der Waals surface area contributed by atoms with Gasteiger partial charge in [0.25, 0.3) is 5.91 Å². The second-order valence-electron chi connectivity index (χ2n) is 5.54. The van der Waals surface area contributed by atoms with E-state index in [1.807, 2.05) is 36.1 Å². The van der Waals surface area contributed by atoms with Gasteiger partial charge >= 0.3 is 0 Å². The highest BCUT2D eigenvalue weighted by molar-refractivity contribution is 5.96. The Bertz CT molecular complexity index is 457. The Morgan fingerprint density at radius 3 is 2.44 bits per heavy atom. The van der Waals surface area contributed by atoms with Crippen molar-refractivity contribution < 1.29 is 9.90 Å². The van der Waals surface area contributed by atoms with Gasteiger partial charge in [0.2, 0.25) is 0 Å². The summed E-state index contributed by atoms with van der Waals surface area (Å²) in [5.41, 5.74) is 1.85. The molecule has 3 rings (SSSR count). The maximum absolute atomic E-state index is 12.6. The lowest BCUT2D eigenvalue weighted by Crippen LogP contribution is -2.48. The van der Waals surface area contributed by atoms with Gasteiger partial charge in [-0.3, -0.25) is 4.79 Å². The molecule has 2 heterocycles. The zero-order valence-corrected chi connectivity index (χ0v) is 10.7. The summed E-state index contributed by atoms with van der Waals surface area (Å²) >= 11 is 0. The van der Waals surface area contributed by atoms with Crippen LogP contribution in [0.15, 0.2) is 24.3 Å². The maximum Gasteiger partial charge on any atom is 0.254 e. The van der Waals surface area contributed by atoms with Crippen molar-refractivity contribution in [1.29, 1.82) is 0 Å². The Kier molecular flexibility index (Phi) is 2.86. The highest BCUT2D eigenvalue weighted by atomic mass is 16.3. The smallest absolute Gasteiger partial charge is 0.254 e. The molecule has 0 aliphatic carbocycles. The Labute approximate surface area is 107 Å². The number of amides is 1. The van der Waals surface area contributed by atoms with Gasteiger partial charge in [-0.05, 0) is 44.2 Å². The molecule has 96 valence electrons. The van der Waals surface area contributed by atoms with Crippen molar-refractivity contribution in [2.45, 2.75) is 50.8 Å². The molecule has 1 aromatic carbocycles. The zero-order chi connectivity index (χ0) is 12.7. The summed E-state index contributed by atoms with van der Waals surface area (Å²) in [6.45, 7) is 1.98. The van der Waals surface area contributed by atoms with E-state index in [2.05, 4.69) is 0 Å². The third kappa shape index (κ3) is 1.83. The fraction of sp³-hybridized carbons (Fsp3) is 0.533. The molecule has 0 spiro atoms. The summed E-state index contributed by atoms with van der Waals surface area (Å²) in [5.74, 6) is 0.146. The Balaban J connectivity index is 1.88. The van der Waals surface area contributed by atoms with Crippen LogP contribution in [0, 0.1) is 6.92 Å². The Morgan fingerprint density at radius 2 is 1.83 bits per heavy atom. The topological polar surface area (TPSA) is 40.5 Å². The third-order valence-electron chi connectivity index (χ3n) is 4.32. The van der Waals surface area contributed by atoms with Crippen molar-refractivity contribution in [3.63, 3.8) is 0 Å². The van der Waals surface area contributed by atoms with Crippen LogP contribution in [0.4, 0.5) is 0 Å². The minimum atomic E-state index is -0.219. The van der Waals surface area contributed by atoms with Crippen molar-refractivity contribution in [3.8, 4) is 0 Å². The molecule has 2 aliphatic rings. The van der Waals surface area contributed by atoms with Crippen molar-refractivity contribution in [1.82, 2.24) is 4.90 Å². The summed E-state index contributed by atoms with van der Waals surface area (Å²) in [7, 11) is 0. The van der Waals surface area contributed by atoms with Gasteiger partial charge in [-0.15, -0.1) is 0 Å². The molecular formula is C15H19NO2. The fourth-order valence-electron chi connectivity index (χ4n) is 3.43. The van der Waals surface area contributed by atoms with Gasteiger partial charge in [0.05, 0.1) is 6.10 Å².